The third-order valence-corrected chi connectivity index (χ3v) is 7.04. The Kier molecular flexibility index (Phi) is 8.46. The van der Waals surface area contributed by atoms with Crippen molar-refractivity contribution in [2.75, 3.05) is 24.5 Å². The van der Waals surface area contributed by atoms with Gasteiger partial charge in [0.05, 0.1) is 0 Å². The van der Waals surface area contributed by atoms with Crippen molar-refractivity contribution in [1.29, 1.82) is 0 Å². The van der Waals surface area contributed by atoms with Gasteiger partial charge in [-0.05, 0) is 48.1 Å². The zero-order valence-corrected chi connectivity index (χ0v) is 21.4. The summed E-state index contributed by atoms with van der Waals surface area (Å²) in [6.45, 7) is 7.63. The fraction of sp³-hybridized carbons (Fsp3) is 0.370. The number of rotatable bonds is 9. The smallest absolute Gasteiger partial charge is 0.254 e. The van der Waals surface area contributed by atoms with Crippen LogP contribution in [-0.2, 0) is 18.7 Å². The van der Waals surface area contributed by atoms with Gasteiger partial charge in [-0.15, -0.1) is 0 Å². The molecule has 1 aliphatic rings. The van der Waals surface area contributed by atoms with Gasteiger partial charge in [0.2, 0.25) is 0 Å². The average molecular weight is 495 g/mol. The first kappa shape index (κ1) is 24.6. The molecule has 0 unspecified atom stereocenters. The summed E-state index contributed by atoms with van der Waals surface area (Å²) in [7, 11) is 0. The van der Waals surface area contributed by atoms with Crippen LogP contribution >= 0.6 is 23.4 Å². The number of hydrogen-bond donors (Lipinski definition) is 0. The molecule has 1 aromatic heterocycles. The summed E-state index contributed by atoms with van der Waals surface area (Å²) in [5.74, 6) is 1.63. The fourth-order valence-electron chi connectivity index (χ4n) is 4.29. The molecule has 1 aliphatic heterocycles. The van der Waals surface area contributed by atoms with Crippen LogP contribution in [0, 0.1) is 0 Å². The molecule has 0 N–H and O–H groups in total. The molecule has 0 fully saturated rings. The van der Waals surface area contributed by atoms with Crippen LogP contribution < -0.4 is 4.90 Å². The predicted molar refractivity (Wildman–Crippen MR) is 141 cm³/mol. The first-order chi connectivity index (χ1) is 16.6. The van der Waals surface area contributed by atoms with Crippen molar-refractivity contribution in [3.05, 3.63) is 82.0 Å². The van der Waals surface area contributed by atoms with E-state index in [4.69, 9.17) is 16.6 Å². The van der Waals surface area contributed by atoms with E-state index < -0.39 is 0 Å². The molecule has 1 amide bonds. The van der Waals surface area contributed by atoms with E-state index >= 15 is 0 Å². The number of amides is 1. The quantitative estimate of drug-likeness (QED) is 0.200. The van der Waals surface area contributed by atoms with Gasteiger partial charge in [0.15, 0.2) is 5.16 Å². The van der Waals surface area contributed by atoms with E-state index in [0.29, 0.717) is 22.6 Å². The van der Waals surface area contributed by atoms with Crippen LogP contribution in [0.5, 0.6) is 0 Å². The maximum Gasteiger partial charge on any atom is 0.254 e. The Labute approximate surface area is 211 Å². The van der Waals surface area contributed by atoms with Gasteiger partial charge in [0.25, 0.3) is 5.91 Å². The number of thioether (sulfide) groups is 1. The van der Waals surface area contributed by atoms with Crippen molar-refractivity contribution in [2.24, 2.45) is 0 Å². The third-order valence-electron chi connectivity index (χ3n) is 5.93. The van der Waals surface area contributed by atoms with Crippen LogP contribution in [-0.4, -0.2) is 40.4 Å². The number of hydrogen-bond acceptors (Lipinski definition) is 5. The molecule has 0 bridgehead atoms. The summed E-state index contributed by atoms with van der Waals surface area (Å²) in [5, 5.41) is 1.11. The van der Waals surface area contributed by atoms with Gasteiger partial charge in [0, 0.05) is 43.6 Å². The number of carbonyl (C=O) groups excluding carboxylic acids is 1. The zero-order valence-electron chi connectivity index (χ0n) is 19.8. The maximum absolute atomic E-state index is 13.2. The molecule has 2 aromatic carbocycles. The fourth-order valence-corrected chi connectivity index (χ4v) is 5.31. The van der Waals surface area contributed by atoms with E-state index in [1.54, 1.807) is 11.8 Å². The van der Waals surface area contributed by atoms with Crippen molar-refractivity contribution in [2.45, 2.75) is 50.6 Å². The van der Waals surface area contributed by atoms with Gasteiger partial charge in [-0.25, -0.2) is 9.97 Å². The minimum absolute atomic E-state index is 0.0809. The summed E-state index contributed by atoms with van der Waals surface area (Å²) in [5.41, 5.74) is 4.37. The first-order valence-electron chi connectivity index (χ1n) is 11.9. The van der Waals surface area contributed by atoms with Gasteiger partial charge in [0.1, 0.15) is 11.0 Å². The van der Waals surface area contributed by atoms with Crippen LogP contribution in [0.25, 0.3) is 0 Å². The van der Waals surface area contributed by atoms with Crippen LogP contribution in [0.1, 0.15) is 53.7 Å². The minimum Gasteiger partial charge on any atom is -0.356 e. The number of fused-ring (bicyclic) bond motifs is 1. The van der Waals surface area contributed by atoms with E-state index in [2.05, 4.69) is 41.9 Å². The van der Waals surface area contributed by atoms with Crippen molar-refractivity contribution >= 4 is 35.1 Å². The number of nitrogens with zero attached hydrogens (tertiary/aromatic N) is 4. The minimum atomic E-state index is 0.0809. The summed E-state index contributed by atoms with van der Waals surface area (Å²) >= 11 is 7.87. The van der Waals surface area contributed by atoms with Crippen molar-refractivity contribution in [3.8, 4) is 0 Å². The summed E-state index contributed by atoms with van der Waals surface area (Å²) in [6.07, 6.45) is 3.00. The lowest BCUT2D eigenvalue weighted by Crippen LogP contribution is -2.35. The number of halogens is 1. The Bertz CT molecular complexity index is 1130. The molecule has 0 atom stereocenters. The molecule has 178 valence electrons. The van der Waals surface area contributed by atoms with E-state index in [-0.39, 0.29) is 5.91 Å². The molecule has 2 heterocycles. The molecule has 0 radical (unpaired) electrons. The Morgan fingerprint density at radius 2 is 1.79 bits per heavy atom. The Hall–Kier alpha value is -2.57. The number of anilines is 1. The third kappa shape index (κ3) is 6.10. The highest BCUT2D eigenvalue weighted by molar-refractivity contribution is 7.98. The molecule has 0 aliphatic carbocycles. The standard InChI is InChI=1S/C27H31ClN4OS/c1-3-13-31(14-4-2)25-17-24(28)29-27(30-25)34-19-20-8-7-11-22(16-20)26(33)32-15-12-21-9-5-6-10-23(21)18-32/h5-11,16-17H,3-4,12-15,18-19H2,1-2H3. The van der Waals surface area contributed by atoms with E-state index in [0.717, 1.165) is 55.8 Å². The van der Waals surface area contributed by atoms with Gasteiger partial charge in [-0.1, -0.05) is 73.6 Å². The lowest BCUT2D eigenvalue weighted by molar-refractivity contribution is 0.0734. The Balaban J connectivity index is 1.44. The molecule has 7 heteroatoms. The Morgan fingerprint density at radius 3 is 2.56 bits per heavy atom. The van der Waals surface area contributed by atoms with E-state index in [1.165, 1.54) is 11.1 Å². The normalized spacial score (nSPS) is 13.0. The molecule has 34 heavy (non-hydrogen) atoms. The largest absolute Gasteiger partial charge is 0.356 e. The van der Waals surface area contributed by atoms with Crippen molar-refractivity contribution in [1.82, 2.24) is 14.9 Å². The highest BCUT2D eigenvalue weighted by Gasteiger charge is 2.21. The zero-order chi connectivity index (χ0) is 23.9. The highest BCUT2D eigenvalue weighted by Crippen LogP contribution is 2.26. The number of aromatic nitrogens is 2. The molecule has 0 saturated heterocycles. The summed E-state index contributed by atoms with van der Waals surface area (Å²) in [4.78, 5) is 26.6. The van der Waals surface area contributed by atoms with E-state index in [1.807, 2.05) is 41.3 Å². The van der Waals surface area contributed by atoms with Gasteiger partial charge in [-0.2, -0.15) is 0 Å². The highest BCUT2D eigenvalue weighted by atomic mass is 35.5. The lowest BCUT2D eigenvalue weighted by Gasteiger charge is -2.29. The first-order valence-corrected chi connectivity index (χ1v) is 13.3. The predicted octanol–water partition coefficient (Wildman–Crippen LogP) is 6.25. The average Bonchev–Trinajstić information content (AvgIpc) is 2.86. The van der Waals surface area contributed by atoms with E-state index in [9.17, 15) is 4.79 Å². The summed E-state index contributed by atoms with van der Waals surface area (Å²) < 4.78 is 0. The molecule has 3 aromatic rings. The molecule has 5 nitrogen and oxygen atoms in total. The van der Waals surface area contributed by atoms with Crippen molar-refractivity contribution < 1.29 is 4.79 Å². The summed E-state index contributed by atoms with van der Waals surface area (Å²) in [6, 6.07) is 18.1. The molecular formula is C27H31ClN4OS. The molecule has 0 spiro atoms. The topological polar surface area (TPSA) is 49.3 Å². The van der Waals surface area contributed by atoms with Gasteiger partial charge >= 0.3 is 0 Å². The molecule has 4 rings (SSSR count). The second-order valence-corrected chi connectivity index (χ2v) is 9.88. The monoisotopic (exact) mass is 494 g/mol. The van der Waals surface area contributed by atoms with Crippen molar-refractivity contribution in [3.63, 3.8) is 0 Å². The van der Waals surface area contributed by atoms with Crippen LogP contribution in [0.3, 0.4) is 0 Å². The number of benzene rings is 2. The molecule has 0 saturated carbocycles. The van der Waals surface area contributed by atoms with Crippen LogP contribution in [0.2, 0.25) is 5.15 Å². The second kappa shape index (κ2) is 11.7. The molecular weight excluding hydrogens is 464 g/mol. The Morgan fingerprint density at radius 1 is 1.03 bits per heavy atom. The van der Waals surface area contributed by atoms with Gasteiger partial charge in [-0.3, -0.25) is 4.79 Å². The number of carbonyl (C=O) groups is 1. The lowest BCUT2D eigenvalue weighted by atomic mass is 9.99. The SMILES string of the molecule is CCCN(CCC)c1cc(Cl)nc(SCc2cccc(C(=O)N3CCc4ccccc4C3)c2)n1. The van der Waals surface area contributed by atoms with Gasteiger partial charge < -0.3 is 9.80 Å². The maximum atomic E-state index is 13.2. The van der Waals surface area contributed by atoms with Crippen LogP contribution in [0.4, 0.5) is 5.82 Å². The van der Waals surface area contributed by atoms with Crippen LogP contribution in [0.15, 0.2) is 59.8 Å². The second-order valence-electron chi connectivity index (χ2n) is 8.55.